The molecular formula is C22H22N2O7S. The highest BCUT2D eigenvalue weighted by atomic mass is 32.2. The maximum atomic E-state index is 12.6. The van der Waals surface area contributed by atoms with Crippen molar-refractivity contribution in [3.63, 3.8) is 0 Å². The summed E-state index contributed by atoms with van der Waals surface area (Å²) in [4.78, 5) is 49.7. The molecule has 1 aromatic carbocycles. The minimum Gasteiger partial charge on any atom is -0.462 e. The third-order valence-corrected chi connectivity index (χ3v) is 6.01. The molecule has 2 aliphatic heterocycles. The van der Waals surface area contributed by atoms with Crippen LogP contribution in [0.5, 0.6) is 0 Å². The van der Waals surface area contributed by atoms with E-state index in [1.807, 2.05) is 35.2 Å². The number of benzene rings is 1. The largest absolute Gasteiger partial charge is 0.462 e. The second-order valence-corrected chi connectivity index (χ2v) is 8.15. The van der Waals surface area contributed by atoms with Gasteiger partial charge in [0.25, 0.3) is 0 Å². The fourth-order valence-corrected chi connectivity index (χ4v) is 4.41. The molecule has 10 heteroatoms. The molecule has 0 radical (unpaired) electrons. The standard InChI is InChI=1S/C22H22N2O7S/c1-2-3-8-24-16-6-4-5-7-17(16)32-20(24)15(13-23)22(28)30-10-9-29-18(25)11-14-12-19(26)31-21(14)27/h4-7,14H,2-3,8-12H2,1H3/b20-15-. The summed E-state index contributed by atoms with van der Waals surface area (Å²) in [6.07, 6.45) is 1.41. The minimum absolute atomic E-state index is 0.110. The Kier molecular flexibility index (Phi) is 7.89. The van der Waals surface area contributed by atoms with Gasteiger partial charge in [-0.15, -0.1) is 0 Å². The molecule has 1 fully saturated rings. The average molecular weight is 458 g/mol. The van der Waals surface area contributed by atoms with Crippen molar-refractivity contribution in [3.8, 4) is 6.07 Å². The number of carbonyl (C=O) groups is 4. The van der Waals surface area contributed by atoms with E-state index in [9.17, 15) is 24.4 Å². The molecule has 0 amide bonds. The second kappa shape index (κ2) is 10.8. The zero-order chi connectivity index (χ0) is 23.1. The van der Waals surface area contributed by atoms with E-state index in [0.717, 1.165) is 23.4 Å². The molecule has 1 atom stereocenters. The fourth-order valence-electron chi connectivity index (χ4n) is 3.24. The second-order valence-electron chi connectivity index (χ2n) is 7.12. The fraction of sp³-hybridized carbons (Fsp3) is 0.409. The van der Waals surface area contributed by atoms with Crippen LogP contribution in [0.4, 0.5) is 5.69 Å². The molecular weight excluding hydrogens is 436 g/mol. The number of hydrogen-bond acceptors (Lipinski definition) is 10. The Labute approximate surface area is 189 Å². The molecule has 0 aromatic heterocycles. The van der Waals surface area contributed by atoms with Crippen LogP contribution in [0.2, 0.25) is 0 Å². The summed E-state index contributed by atoms with van der Waals surface area (Å²) in [5, 5.41) is 10.1. The summed E-state index contributed by atoms with van der Waals surface area (Å²) in [6, 6.07) is 9.62. The van der Waals surface area contributed by atoms with Gasteiger partial charge in [-0.05, 0) is 18.6 Å². The summed E-state index contributed by atoms with van der Waals surface area (Å²) in [7, 11) is 0. The Morgan fingerprint density at radius 3 is 2.69 bits per heavy atom. The molecule has 2 heterocycles. The monoisotopic (exact) mass is 458 g/mol. The number of nitriles is 1. The van der Waals surface area contributed by atoms with E-state index in [2.05, 4.69) is 11.7 Å². The number of fused-ring (bicyclic) bond motifs is 1. The molecule has 0 aliphatic carbocycles. The molecule has 2 aliphatic rings. The van der Waals surface area contributed by atoms with Crippen molar-refractivity contribution in [2.75, 3.05) is 24.7 Å². The third-order valence-electron chi connectivity index (χ3n) is 4.83. The normalized spacial score (nSPS) is 18.6. The van der Waals surface area contributed by atoms with Gasteiger partial charge in [-0.1, -0.05) is 37.2 Å². The zero-order valence-corrected chi connectivity index (χ0v) is 18.3. The van der Waals surface area contributed by atoms with Gasteiger partial charge in [0.2, 0.25) is 0 Å². The lowest BCUT2D eigenvalue weighted by molar-refractivity contribution is -0.156. The summed E-state index contributed by atoms with van der Waals surface area (Å²) in [5.74, 6) is -3.76. The number of thioether (sulfide) groups is 1. The van der Waals surface area contributed by atoms with E-state index >= 15 is 0 Å². The number of rotatable bonds is 9. The molecule has 168 valence electrons. The predicted octanol–water partition coefficient (Wildman–Crippen LogP) is 2.70. The van der Waals surface area contributed by atoms with Crippen LogP contribution in [0.25, 0.3) is 0 Å². The summed E-state index contributed by atoms with van der Waals surface area (Å²) < 4.78 is 14.5. The van der Waals surface area contributed by atoms with Crippen LogP contribution in [0.1, 0.15) is 32.6 Å². The van der Waals surface area contributed by atoms with Crippen molar-refractivity contribution in [2.24, 2.45) is 5.92 Å². The molecule has 0 spiro atoms. The number of cyclic esters (lactones) is 2. The molecule has 0 N–H and O–H groups in total. The molecule has 0 saturated carbocycles. The zero-order valence-electron chi connectivity index (χ0n) is 17.5. The first-order chi connectivity index (χ1) is 15.4. The SMILES string of the molecule is CCCCN1/C(=C(\C#N)C(=O)OCCOC(=O)CC2CC(=O)OC2=O)Sc2ccccc21. The third kappa shape index (κ3) is 5.48. The van der Waals surface area contributed by atoms with E-state index in [4.69, 9.17) is 9.47 Å². The Balaban J connectivity index is 1.56. The van der Waals surface area contributed by atoms with Gasteiger partial charge in [0, 0.05) is 11.4 Å². The smallest absolute Gasteiger partial charge is 0.351 e. The number of para-hydroxylation sites is 1. The Hall–Kier alpha value is -3.32. The number of hydrogen-bond donors (Lipinski definition) is 0. The van der Waals surface area contributed by atoms with Crippen molar-refractivity contribution < 1.29 is 33.4 Å². The first kappa shape index (κ1) is 23.3. The van der Waals surface area contributed by atoms with E-state index in [1.165, 1.54) is 11.8 Å². The number of anilines is 1. The predicted molar refractivity (Wildman–Crippen MR) is 113 cm³/mol. The van der Waals surface area contributed by atoms with Gasteiger partial charge in [0.05, 0.1) is 24.4 Å². The van der Waals surface area contributed by atoms with Gasteiger partial charge < -0.3 is 19.1 Å². The molecule has 9 nitrogen and oxygen atoms in total. The van der Waals surface area contributed by atoms with Crippen molar-refractivity contribution in [1.29, 1.82) is 5.26 Å². The van der Waals surface area contributed by atoms with Gasteiger partial charge in [0.1, 0.15) is 24.3 Å². The highest BCUT2D eigenvalue weighted by Gasteiger charge is 2.35. The Bertz CT molecular complexity index is 998. The molecule has 32 heavy (non-hydrogen) atoms. The van der Waals surface area contributed by atoms with Crippen molar-refractivity contribution in [3.05, 3.63) is 34.9 Å². The molecule has 1 saturated heterocycles. The van der Waals surface area contributed by atoms with E-state index in [-0.39, 0.29) is 31.6 Å². The Morgan fingerprint density at radius 2 is 2.00 bits per heavy atom. The molecule has 1 aromatic rings. The quantitative estimate of drug-likeness (QED) is 0.136. The molecule has 1 unspecified atom stereocenters. The summed E-state index contributed by atoms with van der Waals surface area (Å²) in [6.45, 7) is 2.25. The first-order valence-electron chi connectivity index (χ1n) is 10.2. The van der Waals surface area contributed by atoms with Crippen LogP contribution in [-0.2, 0) is 33.4 Å². The van der Waals surface area contributed by atoms with Gasteiger partial charge in [-0.25, -0.2) is 4.79 Å². The summed E-state index contributed by atoms with van der Waals surface area (Å²) >= 11 is 1.34. The van der Waals surface area contributed by atoms with Crippen LogP contribution < -0.4 is 4.90 Å². The lowest BCUT2D eigenvalue weighted by atomic mass is 10.0. The number of unbranched alkanes of at least 4 members (excludes halogenated alkanes) is 1. The van der Waals surface area contributed by atoms with Crippen LogP contribution in [0, 0.1) is 17.2 Å². The maximum Gasteiger partial charge on any atom is 0.351 e. The number of carbonyl (C=O) groups excluding carboxylic acids is 4. The van der Waals surface area contributed by atoms with Crippen molar-refractivity contribution in [1.82, 2.24) is 0 Å². The van der Waals surface area contributed by atoms with Gasteiger partial charge in [-0.3, -0.25) is 14.4 Å². The Morgan fingerprint density at radius 1 is 1.25 bits per heavy atom. The molecule has 0 bridgehead atoms. The van der Waals surface area contributed by atoms with Crippen LogP contribution in [0.3, 0.4) is 0 Å². The number of nitrogens with zero attached hydrogens (tertiary/aromatic N) is 2. The van der Waals surface area contributed by atoms with Gasteiger partial charge >= 0.3 is 23.9 Å². The number of esters is 4. The molecule has 3 rings (SSSR count). The van der Waals surface area contributed by atoms with E-state index in [1.54, 1.807) is 0 Å². The van der Waals surface area contributed by atoms with E-state index in [0.29, 0.717) is 11.6 Å². The highest BCUT2D eigenvalue weighted by molar-refractivity contribution is 8.03. The van der Waals surface area contributed by atoms with E-state index < -0.39 is 29.8 Å². The topological polar surface area (TPSA) is 123 Å². The van der Waals surface area contributed by atoms with Crippen molar-refractivity contribution in [2.45, 2.75) is 37.5 Å². The van der Waals surface area contributed by atoms with Gasteiger partial charge in [0.15, 0.2) is 5.57 Å². The lowest BCUT2D eigenvalue weighted by Crippen LogP contribution is -2.23. The maximum absolute atomic E-state index is 12.6. The van der Waals surface area contributed by atoms with Crippen LogP contribution in [-0.4, -0.2) is 43.6 Å². The summed E-state index contributed by atoms with van der Waals surface area (Å²) in [5.41, 5.74) is 0.834. The van der Waals surface area contributed by atoms with Crippen molar-refractivity contribution >= 4 is 41.3 Å². The lowest BCUT2D eigenvalue weighted by Gasteiger charge is -2.20. The van der Waals surface area contributed by atoms with Crippen LogP contribution >= 0.6 is 11.8 Å². The highest BCUT2D eigenvalue weighted by Crippen LogP contribution is 2.47. The number of ether oxygens (including phenoxy) is 3. The average Bonchev–Trinajstić information content (AvgIpc) is 3.28. The van der Waals surface area contributed by atoms with Gasteiger partial charge in [-0.2, -0.15) is 5.26 Å². The minimum atomic E-state index is -0.845. The van der Waals surface area contributed by atoms with Crippen LogP contribution in [0.15, 0.2) is 39.8 Å². The first-order valence-corrected chi connectivity index (χ1v) is 11.0.